The third-order valence-corrected chi connectivity index (χ3v) is 1.82. The molecule has 78 valence electrons. The normalized spacial score (nSPS) is 10.1. The molecule has 0 N–H and O–H groups in total. The predicted molar refractivity (Wildman–Crippen MR) is 53.7 cm³/mol. The fraction of sp³-hybridized carbons (Fsp3) is 0.500. The number of ether oxygens (including phenoxy) is 2. The molecule has 0 aromatic carbocycles. The van der Waals surface area contributed by atoms with Crippen molar-refractivity contribution in [2.75, 3.05) is 20.3 Å². The standard InChI is InChI=1S/C10H15NO3/c1-3-14-9-5-4-6-11(10(9)12)7-8-13-2/h4-6H,3,7-8H2,1-2H3. The first-order chi connectivity index (χ1) is 6.79. The fourth-order valence-electron chi connectivity index (χ4n) is 1.15. The Morgan fingerprint density at radius 1 is 1.50 bits per heavy atom. The van der Waals surface area contributed by atoms with Crippen molar-refractivity contribution < 1.29 is 9.47 Å². The van der Waals surface area contributed by atoms with Crippen LogP contribution < -0.4 is 10.3 Å². The van der Waals surface area contributed by atoms with Crippen molar-refractivity contribution in [1.29, 1.82) is 0 Å². The van der Waals surface area contributed by atoms with Crippen LogP contribution in [0.15, 0.2) is 23.1 Å². The van der Waals surface area contributed by atoms with Crippen molar-refractivity contribution in [3.8, 4) is 5.75 Å². The largest absolute Gasteiger partial charge is 0.488 e. The van der Waals surface area contributed by atoms with Crippen LogP contribution >= 0.6 is 0 Å². The second-order valence-electron chi connectivity index (χ2n) is 2.80. The summed E-state index contributed by atoms with van der Waals surface area (Å²) in [5, 5.41) is 0. The molecule has 14 heavy (non-hydrogen) atoms. The van der Waals surface area contributed by atoms with E-state index in [-0.39, 0.29) is 5.56 Å². The topological polar surface area (TPSA) is 40.5 Å². The molecule has 0 fully saturated rings. The third kappa shape index (κ3) is 2.60. The zero-order valence-electron chi connectivity index (χ0n) is 8.53. The number of rotatable bonds is 5. The van der Waals surface area contributed by atoms with Gasteiger partial charge in [-0.2, -0.15) is 0 Å². The van der Waals surface area contributed by atoms with E-state index in [1.54, 1.807) is 30.0 Å². The van der Waals surface area contributed by atoms with Gasteiger partial charge in [0.2, 0.25) is 0 Å². The Kier molecular flexibility index (Phi) is 4.19. The first-order valence-corrected chi connectivity index (χ1v) is 4.60. The second kappa shape index (κ2) is 5.44. The monoisotopic (exact) mass is 197 g/mol. The van der Waals surface area contributed by atoms with Gasteiger partial charge in [-0.3, -0.25) is 4.79 Å². The third-order valence-electron chi connectivity index (χ3n) is 1.82. The highest BCUT2D eigenvalue weighted by atomic mass is 16.5. The minimum absolute atomic E-state index is 0.105. The molecular formula is C10H15NO3. The molecule has 0 saturated heterocycles. The van der Waals surface area contributed by atoms with Crippen LogP contribution in [-0.2, 0) is 11.3 Å². The van der Waals surface area contributed by atoms with Crippen molar-refractivity contribution in [2.24, 2.45) is 0 Å². The molecule has 1 aromatic rings. The molecule has 0 bridgehead atoms. The molecule has 1 rings (SSSR count). The molecule has 0 saturated carbocycles. The molecule has 0 radical (unpaired) electrons. The number of hydrogen-bond donors (Lipinski definition) is 0. The van der Waals surface area contributed by atoms with Gasteiger partial charge >= 0.3 is 0 Å². The van der Waals surface area contributed by atoms with Gasteiger partial charge in [-0.25, -0.2) is 0 Å². The van der Waals surface area contributed by atoms with Crippen molar-refractivity contribution in [1.82, 2.24) is 4.57 Å². The average molecular weight is 197 g/mol. The van der Waals surface area contributed by atoms with Crippen LogP contribution in [0.1, 0.15) is 6.92 Å². The van der Waals surface area contributed by atoms with E-state index in [2.05, 4.69) is 0 Å². The van der Waals surface area contributed by atoms with Crippen LogP contribution in [0.2, 0.25) is 0 Å². The fourth-order valence-corrected chi connectivity index (χ4v) is 1.15. The van der Waals surface area contributed by atoms with Gasteiger partial charge in [0.05, 0.1) is 13.2 Å². The number of hydrogen-bond acceptors (Lipinski definition) is 3. The van der Waals surface area contributed by atoms with Crippen LogP contribution in [0.5, 0.6) is 5.75 Å². The smallest absolute Gasteiger partial charge is 0.292 e. The van der Waals surface area contributed by atoms with Gasteiger partial charge in [0.15, 0.2) is 5.75 Å². The van der Waals surface area contributed by atoms with Gasteiger partial charge in [-0.15, -0.1) is 0 Å². The van der Waals surface area contributed by atoms with E-state index in [4.69, 9.17) is 9.47 Å². The summed E-state index contributed by atoms with van der Waals surface area (Å²) in [5.74, 6) is 0.395. The van der Waals surface area contributed by atoms with Crippen LogP contribution in [0, 0.1) is 0 Å². The van der Waals surface area contributed by atoms with Crippen molar-refractivity contribution in [2.45, 2.75) is 13.5 Å². The molecule has 0 aliphatic rings. The lowest BCUT2D eigenvalue weighted by molar-refractivity contribution is 0.185. The highest BCUT2D eigenvalue weighted by molar-refractivity contribution is 5.17. The minimum Gasteiger partial charge on any atom is -0.488 e. The Labute approximate surface area is 83.1 Å². The Balaban J connectivity index is 2.84. The van der Waals surface area contributed by atoms with Crippen LogP contribution in [0.4, 0.5) is 0 Å². The molecule has 0 amide bonds. The number of aromatic nitrogens is 1. The van der Waals surface area contributed by atoms with Gasteiger partial charge in [-0.1, -0.05) is 0 Å². The van der Waals surface area contributed by atoms with E-state index in [0.717, 1.165) is 0 Å². The lowest BCUT2D eigenvalue weighted by Crippen LogP contribution is -2.22. The number of nitrogens with zero attached hydrogens (tertiary/aromatic N) is 1. The summed E-state index contributed by atoms with van der Waals surface area (Å²) in [6.07, 6.45) is 1.73. The maximum absolute atomic E-state index is 11.6. The Bertz CT molecular complexity index is 332. The number of methoxy groups -OCH3 is 1. The summed E-state index contributed by atoms with van der Waals surface area (Å²) in [5.41, 5.74) is -0.105. The van der Waals surface area contributed by atoms with Gasteiger partial charge in [0, 0.05) is 19.9 Å². The molecule has 1 aromatic heterocycles. The van der Waals surface area contributed by atoms with Crippen molar-refractivity contribution in [3.63, 3.8) is 0 Å². The highest BCUT2D eigenvalue weighted by Gasteiger charge is 2.02. The lowest BCUT2D eigenvalue weighted by atomic mass is 10.4. The molecule has 0 aliphatic carbocycles. The Hall–Kier alpha value is -1.29. The molecule has 0 aliphatic heterocycles. The first-order valence-electron chi connectivity index (χ1n) is 4.60. The van der Waals surface area contributed by atoms with Crippen molar-refractivity contribution in [3.05, 3.63) is 28.7 Å². The molecule has 4 nitrogen and oxygen atoms in total. The Morgan fingerprint density at radius 3 is 2.93 bits per heavy atom. The molecule has 4 heteroatoms. The maximum atomic E-state index is 11.6. The maximum Gasteiger partial charge on any atom is 0.292 e. The van der Waals surface area contributed by atoms with Crippen LogP contribution in [-0.4, -0.2) is 24.9 Å². The lowest BCUT2D eigenvalue weighted by Gasteiger charge is -2.07. The molecule has 0 atom stereocenters. The summed E-state index contributed by atoms with van der Waals surface area (Å²) < 4.78 is 11.7. The molecular weight excluding hydrogens is 182 g/mol. The first kappa shape index (κ1) is 10.8. The van der Waals surface area contributed by atoms with E-state index in [1.807, 2.05) is 6.92 Å². The van der Waals surface area contributed by atoms with E-state index >= 15 is 0 Å². The predicted octanol–water partition coefficient (Wildman–Crippen LogP) is 0.893. The van der Waals surface area contributed by atoms with Gasteiger partial charge in [-0.05, 0) is 19.1 Å². The zero-order chi connectivity index (χ0) is 10.4. The average Bonchev–Trinajstić information content (AvgIpc) is 2.20. The van der Waals surface area contributed by atoms with E-state index in [0.29, 0.717) is 25.5 Å². The SMILES string of the molecule is CCOc1cccn(CCOC)c1=O. The summed E-state index contributed by atoms with van der Waals surface area (Å²) in [4.78, 5) is 11.6. The molecule has 0 spiro atoms. The molecule has 1 heterocycles. The van der Waals surface area contributed by atoms with Crippen LogP contribution in [0.3, 0.4) is 0 Å². The van der Waals surface area contributed by atoms with Gasteiger partial charge < -0.3 is 14.0 Å². The van der Waals surface area contributed by atoms with E-state index in [9.17, 15) is 4.79 Å². The number of pyridine rings is 1. The summed E-state index contributed by atoms with van der Waals surface area (Å²) in [6.45, 7) is 3.43. The van der Waals surface area contributed by atoms with Crippen molar-refractivity contribution >= 4 is 0 Å². The summed E-state index contributed by atoms with van der Waals surface area (Å²) in [6, 6.07) is 3.47. The van der Waals surface area contributed by atoms with Crippen LogP contribution in [0.25, 0.3) is 0 Å². The summed E-state index contributed by atoms with van der Waals surface area (Å²) >= 11 is 0. The summed E-state index contributed by atoms with van der Waals surface area (Å²) in [7, 11) is 1.61. The Morgan fingerprint density at radius 2 is 2.29 bits per heavy atom. The van der Waals surface area contributed by atoms with Gasteiger partial charge in [0.1, 0.15) is 0 Å². The minimum atomic E-state index is -0.105. The quantitative estimate of drug-likeness (QED) is 0.704. The van der Waals surface area contributed by atoms with E-state index < -0.39 is 0 Å². The van der Waals surface area contributed by atoms with E-state index in [1.165, 1.54) is 0 Å². The molecule has 0 unspecified atom stereocenters. The zero-order valence-corrected chi connectivity index (χ0v) is 8.53. The second-order valence-corrected chi connectivity index (χ2v) is 2.80. The van der Waals surface area contributed by atoms with Gasteiger partial charge in [0.25, 0.3) is 5.56 Å². The highest BCUT2D eigenvalue weighted by Crippen LogP contribution is 2.01.